The summed E-state index contributed by atoms with van der Waals surface area (Å²) in [6.07, 6.45) is 1.43. The molecule has 2 atom stereocenters. The molecule has 0 rings (SSSR count). The third-order valence-electron chi connectivity index (χ3n) is 2.77. The predicted molar refractivity (Wildman–Crippen MR) is 72.1 cm³/mol. The van der Waals surface area contributed by atoms with Crippen molar-refractivity contribution in [3.8, 4) is 0 Å². The summed E-state index contributed by atoms with van der Waals surface area (Å²) in [5.41, 5.74) is 5.65. The number of aliphatic hydroxyl groups is 1. The minimum Gasteiger partial charge on any atom is -0.391 e. The van der Waals surface area contributed by atoms with Crippen LogP contribution in [0.25, 0.3) is 0 Å². The van der Waals surface area contributed by atoms with Crippen LogP contribution in [0.1, 0.15) is 33.1 Å². The third-order valence-corrected chi connectivity index (χ3v) is 2.77. The smallest absolute Gasteiger partial charge is 0.220 e. The van der Waals surface area contributed by atoms with Crippen molar-refractivity contribution in [3.63, 3.8) is 0 Å². The van der Waals surface area contributed by atoms with Crippen molar-refractivity contribution in [1.82, 2.24) is 5.32 Å². The molecule has 4 N–H and O–H groups in total. The van der Waals surface area contributed by atoms with Crippen LogP contribution in [0, 0.1) is 11.8 Å². The minimum atomic E-state index is -0.517. The van der Waals surface area contributed by atoms with Crippen molar-refractivity contribution in [2.24, 2.45) is 17.6 Å². The number of aliphatic hydroxyl groups excluding tert-OH is 1. The van der Waals surface area contributed by atoms with Crippen LogP contribution < -0.4 is 11.1 Å². The molecule has 0 aromatic carbocycles. The first-order chi connectivity index (χ1) is 8.49. The monoisotopic (exact) mass is 260 g/mol. The van der Waals surface area contributed by atoms with Gasteiger partial charge in [0.15, 0.2) is 0 Å². The van der Waals surface area contributed by atoms with Gasteiger partial charge in [0.2, 0.25) is 5.91 Å². The molecule has 5 nitrogen and oxygen atoms in total. The largest absolute Gasteiger partial charge is 0.391 e. The topological polar surface area (TPSA) is 84.6 Å². The van der Waals surface area contributed by atoms with E-state index in [0.717, 1.165) is 6.42 Å². The zero-order valence-electron chi connectivity index (χ0n) is 11.8. The van der Waals surface area contributed by atoms with E-state index in [9.17, 15) is 9.90 Å². The van der Waals surface area contributed by atoms with Gasteiger partial charge in [-0.1, -0.05) is 13.8 Å². The van der Waals surface area contributed by atoms with Crippen molar-refractivity contribution in [2.75, 3.05) is 26.8 Å². The lowest BCUT2D eigenvalue weighted by Gasteiger charge is -2.17. The van der Waals surface area contributed by atoms with Gasteiger partial charge in [-0.15, -0.1) is 0 Å². The Bertz CT molecular complexity index is 222. The van der Waals surface area contributed by atoms with Crippen LogP contribution in [0.2, 0.25) is 0 Å². The summed E-state index contributed by atoms with van der Waals surface area (Å²) in [6, 6.07) is 0. The van der Waals surface area contributed by atoms with Gasteiger partial charge in [-0.25, -0.2) is 0 Å². The standard InChI is InChI=1S/C13H28N2O3/c1-10(2)6-11(8-14)7-13(17)15-5-4-12(16)9-18-3/h10-12,16H,4-9,14H2,1-3H3,(H,15,17)/t11-,12?/m0/s1. The Hall–Kier alpha value is -0.650. The van der Waals surface area contributed by atoms with Crippen LogP contribution in [0.3, 0.4) is 0 Å². The number of methoxy groups -OCH3 is 1. The second kappa shape index (κ2) is 10.3. The van der Waals surface area contributed by atoms with Crippen molar-refractivity contribution in [2.45, 2.75) is 39.2 Å². The molecule has 0 fully saturated rings. The first-order valence-electron chi connectivity index (χ1n) is 6.63. The molecule has 18 heavy (non-hydrogen) atoms. The van der Waals surface area contributed by atoms with E-state index in [1.807, 2.05) is 0 Å². The van der Waals surface area contributed by atoms with E-state index < -0.39 is 6.10 Å². The minimum absolute atomic E-state index is 0.00992. The molecule has 1 amide bonds. The molecule has 0 saturated carbocycles. The highest BCUT2D eigenvalue weighted by Gasteiger charge is 2.14. The zero-order valence-corrected chi connectivity index (χ0v) is 11.8. The molecule has 0 radical (unpaired) electrons. The van der Waals surface area contributed by atoms with E-state index in [2.05, 4.69) is 19.2 Å². The lowest BCUT2D eigenvalue weighted by molar-refractivity contribution is -0.122. The van der Waals surface area contributed by atoms with Crippen LogP contribution >= 0.6 is 0 Å². The Balaban J connectivity index is 3.75. The Morgan fingerprint density at radius 1 is 1.44 bits per heavy atom. The Kier molecular flexibility index (Phi) is 9.92. The molecule has 0 aliphatic rings. The van der Waals surface area contributed by atoms with Gasteiger partial charge < -0.3 is 20.9 Å². The molecule has 0 aromatic rings. The quantitative estimate of drug-likeness (QED) is 0.534. The number of nitrogens with one attached hydrogen (secondary N) is 1. The van der Waals surface area contributed by atoms with Gasteiger partial charge in [0.05, 0.1) is 12.7 Å². The number of hydrogen-bond acceptors (Lipinski definition) is 4. The van der Waals surface area contributed by atoms with Gasteiger partial charge >= 0.3 is 0 Å². The van der Waals surface area contributed by atoms with Gasteiger partial charge in [0.1, 0.15) is 0 Å². The number of amides is 1. The van der Waals surface area contributed by atoms with E-state index >= 15 is 0 Å². The lowest BCUT2D eigenvalue weighted by atomic mass is 9.94. The maximum absolute atomic E-state index is 11.7. The summed E-state index contributed by atoms with van der Waals surface area (Å²) in [6.45, 7) is 5.57. The third kappa shape index (κ3) is 9.39. The number of ether oxygens (including phenoxy) is 1. The van der Waals surface area contributed by atoms with Gasteiger partial charge in [-0.2, -0.15) is 0 Å². The summed E-state index contributed by atoms with van der Waals surface area (Å²) in [5, 5.41) is 12.2. The molecule has 1 unspecified atom stereocenters. The van der Waals surface area contributed by atoms with E-state index in [0.29, 0.717) is 38.5 Å². The van der Waals surface area contributed by atoms with Crippen molar-refractivity contribution in [1.29, 1.82) is 0 Å². The number of carbonyl (C=O) groups is 1. The van der Waals surface area contributed by atoms with Crippen LogP contribution in [-0.2, 0) is 9.53 Å². The second-order valence-electron chi connectivity index (χ2n) is 5.18. The number of rotatable bonds is 10. The highest BCUT2D eigenvalue weighted by molar-refractivity contribution is 5.76. The van der Waals surface area contributed by atoms with Crippen LogP contribution in [-0.4, -0.2) is 43.9 Å². The van der Waals surface area contributed by atoms with Crippen molar-refractivity contribution < 1.29 is 14.6 Å². The van der Waals surface area contributed by atoms with Crippen LogP contribution in [0.5, 0.6) is 0 Å². The highest BCUT2D eigenvalue weighted by atomic mass is 16.5. The molecule has 5 heteroatoms. The van der Waals surface area contributed by atoms with Gasteiger partial charge in [-0.05, 0) is 31.2 Å². The lowest BCUT2D eigenvalue weighted by Crippen LogP contribution is -2.31. The molecule has 0 heterocycles. The molecular weight excluding hydrogens is 232 g/mol. The molecule has 0 aliphatic carbocycles. The molecule has 0 saturated heterocycles. The fraction of sp³-hybridized carbons (Fsp3) is 0.923. The molecule has 108 valence electrons. The zero-order chi connectivity index (χ0) is 14.0. The average Bonchev–Trinajstić information content (AvgIpc) is 2.27. The van der Waals surface area contributed by atoms with E-state index in [4.69, 9.17) is 10.5 Å². The summed E-state index contributed by atoms with van der Waals surface area (Å²) in [4.78, 5) is 11.7. The van der Waals surface area contributed by atoms with Gasteiger partial charge in [0, 0.05) is 20.1 Å². The molecule has 0 bridgehead atoms. The Morgan fingerprint density at radius 3 is 2.61 bits per heavy atom. The molecule has 0 spiro atoms. The summed E-state index contributed by atoms with van der Waals surface area (Å²) >= 11 is 0. The maximum atomic E-state index is 11.7. The Labute approximate surface area is 110 Å². The summed E-state index contributed by atoms with van der Waals surface area (Å²) in [7, 11) is 1.54. The summed E-state index contributed by atoms with van der Waals surface area (Å²) in [5.74, 6) is 0.805. The van der Waals surface area contributed by atoms with Gasteiger partial charge in [0.25, 0.3) is 0 Å². The fourth-order valence-corrected chi connectivity index (χ4v) is 1.92. The summed E-state index contributed by atoms with van der Waals surface area (Å²) < 4.78 is 4.81. The van der Waals surface area contributed by atoms with Crippen molar-refractivity contribution >= 4 is 5.91 Å². The number of nitrogens with two attached hydrogens (primary N) is 1. The maximum Gasteiger partial charge on any atom is 0.220 e. The number of hydrogen-bond donors (Lipinski definition) is 3. The first-order valence-corrected chi connectivity index (χ1v) is 6.63. The van der Waals surface area contributed by atoms with E-state index in [1.165, 1.54) is 0 Å². The van der Waals surface area contributed by atoms with E-state index in [-0.39, 0.29) is 11.8 Å². The SMILES string of the molecule is COCC(O)CCNC(=O)C[C@@H](CN)CC(C)C. The predicted octanol–water partition coefficient (Wildman–Crippen LogP) is 0.511. The van der Waals surface area contributed by atoms with Crippen molar-refractivity contribution in [3.05, 3.63) is 0 Å². The molecular formula is C13H28N2O3. The Morgan fingerprint density at radius 2 is 2.11 bits per heavy atom. The highest BCUT2D eigenvalue weighted by Crippen LogP contribution is 2.13. The number of carbonyl (C=O) groups excluding carboxylic acids is 1. The van der Waals surface area contributed by atoms with Crippen LogP contribution in [0.4, 0.5) is 0 Å². The molecule has 0 aromatic heterocycles. The van der Waals surface area contributed by atoms with E-state index in [1.54, 1.807) is 7.11 Å². The first kappa shape index (κ1) is 17.4. The fourth-order valence-electron chi connectivity index (χ4n) is 1.92. The molecule has 0 aliphatic heterocycles. The van der Waals surface area contributed by atoms with Gasteiger partial charge in [-0.3, -0.25) is 4.79 Å². The second-order valence-corrected chi connectivity index (χ2v) is 5.18. The average molecular weight is 260 g/mol. The normalized spacial score (nSPS) is 14.6. The van der Waals surface area contributed by atoms with Crippen LogP contribution in [0.15, 0.2) is 0 Å².